The molecule has 0 radical (unpaired) electrons. The quantitative estimate of drug-likeness (QED) is 0.920. The van der Waals surface area contributed by atoms with Crippen LogP contribution in [0.4, 0.5) is 0 Å². The normalized spacial score (nSPS) is 18.2. The molecule has 0 bridgehead atoms. The van der Waals surface area contributed by atoms with Crippen molar-refractivity contribution in [1.82, 2.24) is 19.9 Å². The van der Waals surface area contributed by atoms with Gasteiger partial charge in [0, 0.05) is 18.7 Å². The van der Waals surface area contributed by atoms with E-state index in [-0.39, 0.29) is 12.5 Å². The average molecular weight is 300 g/mol. The Hall–Kier alpha value is -2.70. The monoisotopic (exact) mass is 300 g/mol. The number of carboxylic acid groups (broad SMARTS) is 1. The summed E-state index contributed by atoms with van der Waals surface area (Å²) >= 11 is 0. The molecule has 0 spiro atoms. The van der Waals surface area contributed by atoms with Gasteiger partial charge in [-0.15, -0.1) is 5.10 Å². The number of rotatable bonds is 3. The molecule has 7 nitrogen and oxygen atoms in total. The number of piperidine rings is 1. The minimum Gasteiger partial charge on any atom is -0.481 e. The molecule has 0 aliphatic carbocycles. The van der Waals surface area contributed by atoms with Gasteiger partial charge in [-0.05, 0) is 31.0 Å². The fourth-order valence-electron chi connectivity index (χ4n) is 2.67. The van der Waals surface area contributed by atoms with Crippen LogP contribution in [0.25, 0.3) is 5.69 Å². The van der Waals surface area contributed by atoms with Crippen LogP contribution in [0.3, 0.4) is 0 Å². The minimum atomic E-state index is -0.839. The van der Waals surface area contributed by atoms with Gasteiger partial charge in [-0.25, -0.2) is 4.68 Å². The van der Waals surface area contributed by atoms with Gasteiger partial charge in [-0.3, -0.25) is 9.59 Å². The van der Waals surface area contributed by atoms with Gasteiger partial charge in [-0.1, -0.05) is 11.3 Å². The molecule has 1 aromatic heterocycles. The highest BCUT2D eigenvalue weighted by molar-refractivity contribution is 5.95. The summed E-state index contributed by atoms with van der Waals surface area (Å²) in [6.45, 7) is 0.859. The maximum absolute atomic E-state index is 12.6. The predicted octanol–water partition coefficient (Wildman–Crippen LogP) is 1.20. The lowest BCUT2D eigenvalue weighted by Crippen LogP contribution is -2.42. The minimum absolute atomic E-state index is 0.145. The lowest BCUT2D eigenvalue weighted by molar-refractivity contribution is -0.143. The van der Waals surface area contributed by atoms with E-state index in [0.29, 0.717) is 24.9 Å². The van der Waals surface area contributed by atoms with Gasteiger partial charge in [0.05, 0.1) is 24.0 Å². The van der Waals surface area contributed by atoms with Crippen molar-refractivity contribution in [2.45, 2.75) is 12.8 Å². The summed E-state index contributed by atoms with van der Waals surface area (Å²) in [5.41, 5.74) is 1.27. The average Bonchev–Trinajstić information content (AvgIpc) is 3.09. The van der Waals surface area contributed by atoms with E-state index >= 15 is 0 Å². The summed E-state index contributed by atoms with van der Waals surface area (Å²) < 4.78 is 1.58. The van der Waals surface area contributed by atoms with Crippen LogP contribution in [0.2, 0.25) is 0 Å². The van der Waals surface area contributed by atoms with Crippen molar-refractivity contribution in [3.8, 4) is 5.69 Å². The third-order valence-corrected chi connectivity index (χ3v) is 3.84. The second kappa shape index (κ2) is 5.97. The SMILES string of the molecule is O=C(O)[C@@H]1CCCN(C(=O)c2cccc(-n3ccnn3)c2)C1. The first-order valence-corrected chi connectivity index (χ1v) is 7.14. The molecule has 1 aromatic carbocycles. The highest BCUT2D eigenvalue weighted by Crippen LogP contribution is 2.19. The number of likely N-dealkylation sites (tertiary alicyclic amines) is 1. The zero-order valence-electron chi connectivity index (χ0n) is 11.9. The van der Waals surface area contributed by atoms with Crippen LogP contribution in [0, 0.1) is 5.92 Å². The Morgan fingerprint density at radius 1 is 1.32 bits per heavy atom. The number of nitrogens with zero attached hydrogens (tertiary/aromatic N) is 4. The molecule has 1 N–H and O–H groups in total. The van der Waals surface area contributed by atoms with Crippen LogP contribution in [0.5, 0.6) is 0 Å². The Morgan fingerprint density at radius 3 is 2.91 bits per heavy atom. The van der Waals surface area contributed by atoms with Crippen LogP contribution in [0.15, 0.2) is 36.7 Å². The molecule has 0 saturated carbocycles. The number of aliphatic carboxylic acids is 1. The van der Waals surface area contributed by atoms with E-state index in [0.717, 1.165) is 5.69 Å². The first-order chi connectivity index (χ1) is 10.6. The number of carbonyl (C=O) groups is 2. The van der Waals surface area contributed by atoms with Crippen molar-refractivity contribution in [3.05, 3.63) is 42.2 Å². The predicted molar refractivity (Wildman–Crippen MR) is 77.6 cm³/mol. The summed E-state index contributed by atoms with van der Waals surface area (Å²) in [7, 11) is 0. The van der Waals surface area contributed by atoms with E-state index in [2.05, 4.69) is 10.3 Å². The Kier molecular flexibility index (Phi) is 3.86. The van der Waals surface area contributed by atoms with Gasteiger partial charge in [-0.2, -0.15) is 0 Å². The third kappa shape index (κ3) is 2.83. The molecule has 2 aromatic rings. The van der Waals surface area contributed by atoms with E-state index in [1.807, 2.05) is 6.07 Å². The molecule has 7 heteroatoms. The maximum atomic E-state index is 12.6. The van der Waals surface area contributed by atoms with Crippen LogP contribution >= 0.6 is 0 Å². The Balaban J connectivity index is 1.80. The number of carbonyl (C=O) groups excluding carboxylic acids is 1. The lowest BCUT2D eigenvalue weighted by atomic mass is 9.97. The molecule has 1 aliphatic heterocycles. The second-order valence-electron chi connectivity index (χ2n) is 5.33. The molecule has 22 heavy (non-hydrogen) atoms. The van der Waals surface area contributed by atoms with Gasteiger partial charge < -0.3 is 10.0 Å². The largest absolute Gasteiger partial charge is 0.481 e. The zero-order chi connectivity index (χ0) is 15.5. The summed E-state index contributed by atoms with van der Waals surface area (Å²) in [4.78, 5) is 25.3. The number of benzene rings is 1. The van der Waals surface area contributed by atoms with Gasteiger partial charge >= 0.3 is 5.97 Å². The zero-order valence-corrected chi connectivity index (χ0v) is 11.9. The van der Waals surface area contributed by atoms with Gasteiger partial charge in [0.15, 0.2) is 0 Å². The fraction of sp³-hybridized carbons (Fsp3) is 0.333. The number of carboxylic acids is 1. The number of hydrogen-bond donors (Lipinski definition) is 1. The van der Waals surface area contributed by atoms with Crippen LogP contribution in [-0.2, 0) is 4.79 Å². The molecule has 1 amide bonds. The number of amides is 1. The van der Waals surface area contributed by atoms with Crippen molar-refractivity contribution >= 4 is 11.9 Å². The summed E-state index contributed by atoms with van der Waals surface area (Å²) in [6, 6.07) is 7.08. The van der Waals surface area contributed by atoms with Gasteiger partial charge in [0.25, 0.3) is 5.91 Å². The molecule has 114 valence electrons. The Labute approximate surface area is 127 Å². The van der Waals surface area contributed by atoms with E-state index in [4.69, 9.17) is 5.11 Å². The highest BCUT2D eigenvalue weighted by Gasteiger charge is 2.28. The van der Waals surface area contributed by atoms with Crippen molar-refractivity contribution in [2.75, 3.05) is 13.1 Å². The van der Waals surface area contributed by atoms with E-state index < -0.39 is 11.9 Å². The lowest BCUT2D eigenvalue weighted by Gasteiger charge is -2.30. The van der Waals surface area contributed by atoms with Crippen molar-refractivity contribution in [2.24, 2.45) is 5.92 Å². The van der Waals surface area contributed by atoms with Crippen LogP contribution < -0.4 is 0 Å². The van der Waals surface area contributed by atoms with Crippen LogP contribution in [-0.4, -0.2) is 50.0 Å². The Bertz CT molecular complexity index is 684. The molecular weight excluding hydrogens is 284 g/mol. The van der Waals surface area contributed by atoms with E-state index in [1.165, 1.54) is 0 Å². The molecular formula is C15H16N4O3. The smallest absolute Gasteiger partial charge is 0.308 e. The Morgan fingerprint density at radius 2 is 2.18 bits per heavy atom. The maximum Gasteiger partial charge on any atom is 0.308 e. The fourth-order valence-corrected chi connectivity index (χ4v) is 2.67. The molecule has 1 saturated heterocycles. The molecule has 1 atom stereocenters. The molecule has 3 rings (SSSR count). The molecule has 2 heterocycles. The number of aromatic nitrogens is 3. The standard InChI is InChI=1S/C15H16N4O3/c20-14(18-7-2-4-12(10-18)15(21)22)11-3-1-5-13(9-11)19-8-6-16-17-19/h1,3,5-6,8-9,12H,2,4,7,10H2,(H,21,22)/t12-/m1/s1. The van der Waals surface area contributed by atoms with Crippen molar-refractivity contribution < 1.29 is 14.7 Å². The summed E-state index contributed by atoms with van der Waals surface area (Å²) in [5.74, 6) is -1.46. The van der Waals surface area contributed by atoms with E-state index in [1.54, 1.807) is 40.2 Å². The van der Waals surface area contributed by atoms with Crippen molar-refractivity contribution in [1.29, 1.82) is 0 Å². The highest BCUT2D eigenvalue weighted by atomic mass is 16.4. The third-order valence-electron chi connectivity index (χ3n) is 3.84. The molecule has 1 fully saturated rings. The second-order valence-corrected chi connectivity index (χ2v) is 5.33. The first-order valence-electron chi connectivity index (χ1n) is 7.14. The van der Waals surface area contributed by atoms with Crippen molar-refractivity contribution in [3.63, 3.8) is 0 Å². The van der Waals surface area contributed by atoms with Gasteiger partial charge in [0.2, 0.25) is 0 Å². The molecule has 1 aliphatic rings. The topological polar surface area (TPSA) is 88.3 Å². The first kappa shape index (κ1) is 14.2. The number of hydrogen-bond acceptors (Lipinski definition) is 4. The van der Waals surface area contributed by atoms with E-state index in [9.17, 15) is 9.59 Å². The van der Waals surface area contributed by atoms with Crippen LogP contribution in [0.1, 0.15) is 23.2 Å². The summed E-state index contributed by atoms with van der Waals surface area (Å²) in [6.07, 6.45) is 4.60. The molecule has 0 unspecified atom stereocenters. The summed E-state index contributed by atoms with van der Waals surface area (Å²) in [5, 5.41) is 16.8. The van der Waals surface area contributed by atoms with Gasteiger partial charge in [0.1, 0.15) is 0 Å².